The van der Waals surface area contributed by atoms with Crippen LogP contribution in [0.25, 0.3) is 11.6 Å². The van der Waals surface area contributed by atoms with Crippen LogP contribution in [0.4, 0.5) is 0 Å². The Bertz CT molecular complexity index is 669. The molecule has 1 atom stereocenters. The van der Waals surface area contributed by atoms with Crippen LogP contribution >= 0.6 is 11.8 Å². The number of piperidine rings is 1. The summed E-state index contributed by atoms with van der Waals surface area (Å²) in [4.78, 5) is 14.4. The smallest absolute Gasteiger partial charge is 0.277 e. The predicted molar refractivity (Wildman–Crippen MR) is 84.9 cm³/mol. The van der Waals surface area contributed by atoms with Gasteiger partial charge in [0, 0.05) is 18.7 Å². The molecule has 0 aromatic carbocycles. The van der Waals surface area contributed by atoms with E-state index in [0.717, 1.165) is 25.8 Å². The summed E-state index contributed by atoms with van der Waals surface area (Å²) in [5.41, 5.74) is 0.509. The summed E-state index contributed by atoms with van der Waals surface area (Å²) < 4.78 is 10.5. The molecule has 0 aliphatic carbocycles. The zero-order chi connectivity index (χ0) is 16.2. The van der Waals surface area contributed by atoms with Crippen LogP contribution in [-0.4, -0.2) is 44.5 Å². The van der Waals surface area contributed by atoms with Crippen LogP contribution in [0.2, 0.25) is 0 Å². The van der Waals surface area contributed by atoms with E-state index in [-0.39, 0.29) is 5.91 Å². The van der Waals surface area contributed by atoms with Crippen molar-refractivity contribution in [3.63, 3.8) is 0 Å². The molecule has 1 saturated heterocycles. The molecular weight excluding hydrogens is 316 g/mol. The molecule has 1 amide bonds. The lowest BCUT2D eigenvalue weighted by atomic mass is 10.0. The quantitative estimate of drug-likeness (QED) is 0.776. The van der Waals surface area contributed by atoms with Crippen LogP contribution < -0.4 is 0 Å². The highest BCUT2D eigenvalue weighted by Gasteiger charge is 2.25. The largest absolute Gasteiger partial charge is 0.409 e. The molecule has 1 aliphatic rings. The van der Waals surface area contributed by atoms with E-state index in [1.165, 1.54) is 18.2 Å². The number of carbonyl (C=O) groups excluding carboxylic acids is 1. The fraction of sp³-hybridized carbons (Fsp3) is 0.600. The molecule has 7 nitrogen and oxygen atoms in total. The van der Waals surface area contributed by atoms with Gasteiger partial charge >= 0.3 is 0 Å². The Balaban J connectivity index is 1.58. The second-order valence-corrected chi connectivity index (χ2v) is 6.56. The van der Waals surface area contributed by atoms with Crippen LogP contribution in [0.15, 0.2) is 20.2 Å². The summed E-state index contributed by atoms with van der Waals surface area (Å²) in [6.07, 6.45) is 4.40. The number of thioether (sulfide) groups is 1. The van der Waals surface area contributed by atoms with Gasteiger partial charge < -0.3 is 13.8 Å². The molecule has 0 saturated carbocycles. The second-order valence-electron chi connectivity index (χ2n) is 5.63. The molecule has 2 aromatic heterocycles. The zero-order valence-corrected chi connectivity index (χ0v) is 14.1. The summed E-state index contributed by atoms with van der Waals surface area (Å²) in [7, 11) is 0. The number of hydrogen-bond donors (Lipinski definition) is 0. The van der Waals surface area contributed by atoms with E-state index >= 15 is 0 Å². The van der Waals surface area contributed by atoms with Gasteiger partial charge in [-0.25, -0.2) is 0 Å². The number of aromatic nitrogens is 3. The molecule has 3 heterocycles. The van der Waals surface area contributed by atoms with Crippen molar-refractivity contribution < 1.29 is 13.7 Å². The first-order chi connectivity index (χ1) is 11.2. The van der Waals surface area contributed by atoms with Crippen molar-refractivity contribution in [2.45, 2.75) is 50.8 Å². The number of carbonyl (C=O) groups is 1. The fourth-order valence-corrected chi connectivity index (χ4v) is 3.45. The van der Waals surface area contributed by atoms with Crippen LogP contribution in [-0.2, 0) is 4.79 Å². The molecule has 0 unspecified atom stereocenters. The highest BCUT2D eigenvalue weighted by molar-refractivity contribution is 7.99. The molecule has 0 N–H and O–H groups in total. The van der Waals surface area contributed by atoms with Gasteiger partial charge in [-0.05, 0) is 32.6 Å². The molecule has 8 heteroatoms. The van der Waals surface area contributed by atoms with Gasteiger partial charge in [0.25, 0.3) is 11.1 Å². The Morgan fingerprint density at radius 3 is 3.04 bits per heavy atom. The molecule has 1 fully saturated rings. The standard InChI is InChI=1S/C15H20N4O3S/c1-3-11-6-4-5-7-19(11)13(20)9-23-15-17-16-14(21-15)12-8-10(2)22-18-12/h8,11H,3-7,9H2,1-2H3/t11-/m0/s1. The number of aryl methyl sites for hydroxylation is 1. The van der Waals surface area contributed by atoms with Crippen molar-refractivity contribution in [2.75, 3.05) is 12.3 Å². The third kappa shape index (κ3) is 3.74. The van der Waals surface area contributed by atoms with Gasteiger partial charge in [0.2, 0.25) is 5.91 Å². The van der Waals surface area contributed by atoms with E-state index in [1.807, 2.05) is 4.90 Å². The second kappa shape index (κ2) is 7.16. The highest BCUT2D eigenvalue weighted by Crippen LogP contribution is 2.25. The Morgan fingerprint density at radius 2 is 2.30 bits per heavy atom. The van der Waals surface area contributed by atoms with Gasteiger partial charge in [-0.15, -0.1) is 10.2 Å². The van der Waals surface area contributed by atoms with Crippen molar-refractivity contribution in [3.8, 4) is 11.6 Å². The lowest BCUT2D eigenvalue weighted by Gasteiger charge is -2.35. The van der Waals surface area contributed by atoms with Gasteiger partial charge in [-0.1, -0.05) is 23.8 Å². The first kappa shape index (κ1) is 16.0. The number of rotatable bonds is 5. The van der Waals surface area contributed by atoms with Crippen LogP contribution in [0, 0.1) is 6.92 Å². The minimum absolute atomic E-state index is 0.138. The minimum Gasteiger partial charge on any atom is -0.409 e. The summed E-state index contributed by atoms with van der Waals surface area (Å²) in [6, 6.07) is 2.10. The minimum atomic E-state index is 0.138. The first-order valence-corrected chi connectivity index (χ1v) is 8.85. The van der Waals surface area contributed by atoms with Crippen molar-refractivity contribution >= 4 is 17.7 Å². The third-order valence-electron chi connectivity index (χ3n) is 3.99. The molecule has 2 aromatic rings. The Morgan fingerprint density at radius 1 is 1.43 bits per heavy atom. The summed E-state index contributed by atoms with van der Waals surface area (Å²) in [5.74, 6) is 1.44. The van der Waals surface area contributed by atoms with Gasteiger partial charge in [0.05, 0.1) is 5.75 Å². The normalized spacial score (nSPS) is 18.3. The summed E-state index contributed by atoms with van der Waals surface area (Å²) in [6.45, 7) is 4.78. The van der Waals surface area contributed by atoms with Gasteiger partial charge in [0.15, 0.2) is 5.69 Å². The van der Waals surface area contributed by atoms with Crippen LogP contribution in [0.5, 0.6) is 0 Å². The van der Waals surface area contributed by atoms with E-state index in [4.69, 9.17) is 8.94 Å². The first-order valence-electron chi connectivity index (χ1n) is 7.87. The lowest BCUT2D eigenvalue weighted by molar-refractivity contribution is -0.132. The molecule has 23 heavy (non-hydrogen) atoms. The maximum absolute atomic E-state index is 12.4. The number of likely N-dealkylation sites (tertiary alicyclic amines) is 1. The van der Waals surface area contributed by atoms with Crippen molar-refractivity contribution in [1.29, 1.82) is 0 Å². The van der Waals surface area contributed by atoms with Crippen LogP contribution in [0.3, 0.4) is 0 Å². The van der Waals surface area contributed by atoms with Gasteiger partial charge in [0.1, 0.15) is 5.76 Å². The zero-order valence-electron chi connectivity index (χ0n) is 13.3. The Labute approximate surface area is 138 Å². The van der Waals surface area contributed by atoms with E-state index in [1.54, 1.807) is 13.0 Å². The average Bonchev–Trinajstić information content (AvgIpc) is 3.21. The molecule has 0 spiro atoms. The maximum atomic E-state index is 12.4. The predicted octanol–water partition coefficient (Wildman–Crippen LogP) is 2.92. The van der Waals surface area contributed by atoms with Crippen molar-refractivity contribution in [3.05, 3.63) is 11.8 Å². The number of amides is 1. The molecule has 3 rings (SSSR count). The number of hydrogen-bond acceptors (Lipinski definition) is 7. The molecule has 1 aliphatic heterocycles. The molecule has 0 bridgehead atoms. The lowest BCUT2D eigenvalue weighted by Crippen LogP contribution is -2.44. The summed E-state index contributed by atoms with van der Waals surface area (Å²) >= 11 is 1.27. The van der Waals surface area contributed by atoms with E-state index in [0.29, 0.717) is 34.4 Å². The third-order valence-corrected chi connectivity index (χ3v) is 4.79. The fourth-order valence-electron chi connectivity index (χ4n) is 2.80. The highest BCUT2D eigenvalue weighted by atomic mass is 32.2. The van der Waals surface area contributed by atoms with E-state index < -0.39 is 0 Å². The monoisotopic (exact) mass is 336 g/mol. The van der Waals surface area contributed by atoms with Gasteiger partial charge in [-0.3, -0.25) is 4.79 Å². The topological polar surface area (TPSA) is 85.3 Å². The van der Waals surface area contributed by atoms with E-state index in [9.17, 15) is 4.79 Å². The van der Waals surface area contributed by atoms with E-state index in [2.05, 4.69) is 22.3 Å². The van der Waals surface area contributed by atoms with Crippen molar-refractivity contribution in [1.82, 2.24) is 20.3 Å². The SMILES string of the molecule is CC[C@H]1CCCCN1C(=O)CSc1nnc(-c2cc(C)on2)o1. The van der Waals surface area contributed by atoms with Gasteiger partial charge in [-0.2, -0.15) is 0 Å². The van der Waals surface area contributed by atoms with Crippen molar-refractivity contribution in [2.24, 2.45) is 0 Å². The average molecular weight is 336 g/mol. The molecule has 124 valence electrons. The number of nitrogens with zero attached hydrogens (tertiary/aromatic N) is 4. The Hall–Kier alpha value is -1.83. The maximum Gasteiger partial charge on any atom is 0.277 e. The molecule has 0 radical (unpaired) electrons. The molecular formula is C15H20N4O3S. The summed E-state index contributed by atoms with van der Waals surface area (Å²) in [5, 5.41) is 12.1. The van der Waals surface area contributed by atoms with Crippen LogP contribution in [0.1, 0.15) is 38.4 Å². The Kier molecular flexibility index (Phi) is 5.00.